The largest absolute Gasteiger partial charge is 0.339 e. The van der Waals surface area contributed by atoms with Crippen molar-refractivity contribution in [3.8, 4) is 0 Å². The Labute approximate surface area is 190 Å². The lowest BCUT2D eigenvalue weighted by Gasteiger charge is -2.40. The lowest BCUT2D eigenvalue weighted by atomic mass is 9.99. The first-order valence-corrected chi connectivity index (χ1v) is 12.4. The van der Waals surface area contributed by atoms with Gasteiger partial charge >= 0.3 is 0 Å². The zero-order valence-electron chi connectivity index (χ0n) is 19.1. The fourth-order valence-electron chi connectivity index (χ4n) is 5.95. The third-order valence-corrected chi connectivity index (χ3v) is 7.64. The second kappa shape index (κ2) is 8.85. The predicted molar refractivity (Wildman–Crippen MR) is 124 cm³/mol. The molecular weight excluding hydrogens is 404 g/mol. The molecule has 3 saturated heterocycles. The summed E-state index contributed by atoms with van der Waals surface area (Å²) in [7, 11) is 0. The van der Waals surface area contributed by atoms with Crippen LogP contribution in [0.25, 0.3) is 0 Å². The van der Waals surface area contributed by atoms with Crippen LogP contribution in [0.5, 0.6) is 0 Å². The van der Waals surface area contributed by atoms with E-state index >= 15 is 0 Å². The first kappa shape index (κ1) is 21.4. The van der Waals surface area contributed by atoms with Crippen molar-refractivity contribution >= 4 is 29.1 Å². The molecule has 0 spiro atoms. The van der Waals surface area contributed by atoms with E-state index in [0.29, 0.717) is 36.7 Å². The van der Waals surface area contributed by atoms with Crippen molar-refractivity contribution in [2.24, 2.45) is 0 Å². The minimum atomic E-state index is -0.392. The van der Waals surface area contributed by atoms with Gasteiger partial charge < -0.3 is 14.7 Å². The van der Waals surface area contributed by atoms with E-state index in [0.717, 1.165) is 38.0 Å². The normalized spacial score (nSPS) is 24.7. The van der Waals surface area contributed by atoms with E-state index in [9.17, 15) is 14.4 Å². The van der Waals surface area contributed by atoms with Gasteiger partial charge in [0.25, 0.3) is 5.91 Å². The van der Waals surface area contributed by atoms with E-state index in [1.165, 1.54) is 32.4 Å². The van der Waals surface area contributed by atoms with Crippen LogP contribution in [0.2, 0.25) is 0 Å². The summed E-state index contributed by atoms with van der Waals surface area (Å²) in [6.07, 6.45) is 7.79. The standard InChI is InChI=1S/C25H34N4O3/c1-2-12-28-22-17-18(6-7-20(22)29-21(25(28)32)8-9-23(29)30)24(31)27-15-10-19(11-16-27)26-13-4-3-5-14-26/h6-7,17,19,21H,2-5,8-16H2,1H3. The SMILES string of the molecule is CCCN1C(=O)C2CCC(=O)N2c2ccc(C(=O)N3CCC(N4CCCCC4)CC3)cc21. The number of carbonyl (C=O) groups excluding carboxylic acids is 3. The molecule has 1 aromatic carbocycles. The second-order valence-electron chi connectivity index (χ2n) is 9.63. The lowest BCUT2D eigenvalue weighted by Crippen LogP contribution is -2.52. The number of nitrogens with zero attached hydrogens (tertiary/aromatic N) is 4. The van der Waals surface area contributed by atoms with Crippen molar-refractivity contribution in [1.82, 2.24) is 9.80 Å². The van der Waals surface area contributed by atoms with Crippen molar-refractivity contribution in [2.45, 2.75) is 70.4 Å². The number of amides is 3. The van der Waals surface area contributed by atoms with Crippen molar-refractivity contribution in [3.63, 3.8) is 0 Å². The Balaban J connectivity index is 1.34. The van der Waals surface area contributed by atoms with E-state index in [1.807, 2.05) is 30.0 Å². The van der Waals surface area contributed by atoms with Gasteiger partial charge in [0, 0.05) is 37.7 Å². The summed E-state index contributed by atoms with van der Waals surface area (Å²) in [5.74, 6) is 0.0143. The van der Waals surface area contributed by atoms with E-state index in [-0.39, 0.29) is 17.7 Å². The summed E-state index contributed by atoms with van der Waals surface area (Å²) in [4.78, 5) is 46.9. The average molecular weight is 439 g/mol. The Morgan fingerprint density at radius 1 is 0.969 bits per heavy atom. The molecule has 5 rings (SSSR count). The van der Waals surface area contributed by atoms with Crippen LogP contribution in [0.1, 0.15) is 68.6 Å². The number of hydrogen-bond acceptors (Lipinski definition) is 4. The summed E-state index contributed by atoms with van der Waals surface area (Å²) in [5, 5.41) is 0. The van der Waals surface area contributed by atoms with E-state index in [1.54, 1.807) is 9.80 Å². The van der Waals surface area contributed by atoms with Crippen LogP contribution in [0.3, 0.4) is 0 Å². The Kier molecular flexibility index (Phi) is 5.93. The number of rotatable bonds is 4. The molecule has 32 heavy (non-hydrogen) atoms. The van der Waals surface area contributed by atoms with Crippen LogP contribution in [-0.2, 0) is 9.59 Å². The lowest BCUT2D eigenvalue weighted by molar-refractivity contribution is -0.122. The molecule has 4 aliphatic rings. The maximum absolute atomic E-state index is 13.3. The minimum absolute atomic E-state index is 0.000361. The zero-order valence-corrected chi connectivity index (χ0v) is 19.1. The Morgan fingerprint density at radius 2 is 1.72 bits per heavy atom. The summed E-state index contributed by atoms with van der Waals surface area (Å²) in [5.41, 5.74) is 2.09. The molecule has 0 aliphatic carbocycles. The highest BCUT2D eigenvalue weighted by atomic mass is 16.2. The third-order valence-electron chi connectivity index (χ3n) is 7.64. The molecule has 3 fully saturated rings. The van der Waals surface area contributed by atoms with Gasteiger partial charge in [0.2, 0.25) is 11.8 Å². The Bertz CT molecular complexity index is 902. The van der Waals surface area contributed by atoms with Crippen molar-refractivity contribution in [3.05, 3.63) is 23.8 Å². The van der Waals surface area contributed by atoms with Crippen molar-refractivity contribution in [1.29, 1.82) is 0 Å². The number of likely N-dealkylation sites (tertiary alicyclic amines) is 2. The summed E-state index contributed by atoms with van der Waals surface area (Å²) >= 11 is 0. The van der Waals surface area contributed by atoms with Gasteiger partial charge in [-0.1, -0.05) is 13.3 Å². The summed E-state index contributed by atoms with van der Waals surface area (Å²) in [6, 6.07) is 5.74. The molecule has 172 valence electrons. The highest BCUT2D eigenvalue weighted by Gasteiger charge is 2.45. The summed E-state index contributed by atoms with van der Waals surface area (Å²) in [6.45, 7) is 6.59. The molecular formula is C25H34N4O3. The number of anilines is 2. The van der Waals surface area contributed by atoms with Crippen LogP contribution in [0.4, 0.5) is 11.4 Å². The molecule has 7 nitrogen and oxygen atoms in total. The molecule has 4 aliphatic heterocycles. The number of fused-ring (bicyclic) bond motifs is 3. The first-order valence-electron chi connectivity index (χ1n) is 12.4. The zero-order chi connectivity index (χ0) is 22.2. The topological polar surface area (TPSA) is 64.2 Å². The molecule has 0 radical (unpaired) electrons. The fraction of sp³-hybridized carbons (Fsp3) is 0.640. The van der Waals surface area contributed by atoms with Crippen LogP contribution in [0.15, 0.2) is 18.2 Å². The van der Waals surface area contributed by atoms with Crippen molar-refractivity contribution in [2.75, 3.05) is 42.5 Å². The van der Waals surface area contributed by atoms with Crippen LogP contribution >= 0.6 is 0 Å². The minimum Gasteiger partial charge on any atom is -0.339 e. The molecule has 0 bridgehead atoms. The highest BCUT2D eigenvalue weighted by molar-refractivity contribution is 6.15. The smallest absolute Gasteiger partial charge is 0.253 e. The third kappa shape index (κ3) is 3.70. The monoisotopic (exact) mass is 438 g/mol. The van der Waals surface area contributed by atoms with Gasteiger partial charge in [-0.3, -0.25) is 19.3 Å². The summed E-state index contributed by atoms with van der Waals surface area (Å²) < 4.78 is 0. The molecule has 1 aromatic rings. The Hall–Kier alpha value is -2.41. The van der Waals surface area contributed by atoms with Gasteiger partial charge in [0.15, 0.2) is 0 Å². The quantitative estimate of drug-likeness (QED) is 0.725. The van der Waals surface area contributed by atoms with Crippen LogP contribution in [-0.4, -0.2) is 72.3 Å². The molecule has 0 N–H and O–H groups in total. The van der Waals surface area contributed by atoms with Crippen LogP contribution < -0.4 is 9.80 Å². The first-order chi connectivity index (χ1) is 15.6. The molecule has 1 unspecified atom stereocenters. The molecule has 0 saturated carbocycles. The number of hydrogen-bond donors (Lipinski definition) is 0. The maximum atomic E-state index is 13.3. The molecule has 0 aromatic heterocycles. The average Bonchev–Trinajstić information content (AvgIpc) is 3.23. The number of carbonyl (C=O) groups is 3. The van der Waals surface area contributed by atoms with Crippen LogP contribution in [0, 0.1) is 0 Å². The Morgan fingerprint density at radius 3 is 2.44 bits per heavy atom. The molecule has 1 atom stereocenters. The van der Waals surface area contributed by atoms with Gasteiger partial charge in [-0.25, -0.2) is 0 Å². The van der Waals surface area contributed by atoms with Crippen molar-refractivity contribution < 1.29 is 14.4 Å². The van der Waals surface area contributed by atoms with Gasteiger partial charge in [0.05, 0.1) is 11.4 Å². The molecule has 4 heterocycles. The maximum Gasteiger partial charge on any atom is 0.253 e. The fourth-order valence-corrected chi connectivity index (χ4v) is 5.95. The number of piperidine rings is 2. The van der Waals surface area contributed by atoms with Gasteiger partial charge in [-0.15, -0.1) is 0 Å². The predicted octanol–water partition coefficient (Wildman–Crippen LogP) is 3.03. The van der Waals surface area contributed by atoms with E-state index in [2.05, 4.69) is 4.90 Å². The highest BCUT2D eigenvalue weighted by Crippen LogP contribution is 2.41. The van der Waals surface area contributed by atoms with Gasteiger partial charge in [0.1, 0.15) is 6.04 Å². The molecule has 7 heteroatoms. The van der Waals surface area contributed by atoms with Gasteiger partial charge in [-0.05, 0) is 69.8 Å². The van der Waals surface area contributed by atoms with Gasteiger partial charge in [-0.2, -0.15) is 0 Å². The number of benzene rings is 1. The molecule has 3 amide bonds. The van der Waals surface area contributed by atoms with E-state index < -0.39 is 6.04 Å². The van der Waals surface area contributed by atoms with E-state index in [4.69, 9.17) is 0 Å². The second-order valence-corrected chi connectivity index (χ2v) is 9.63.